The number of ether oxygens (including phenoxy) is 1. The molecule has 1 aliphatic heterocycles. The standard InChI is InChI=1S/C21H28N2O4/c1-5-16-6-8-17(9-7-16)20(26)22-11-10-14(2)12-19(25)23-21(4)15(3)27-13-18(21)24/h5-9,14-15H,1,10-13H2,2-4H3,(H,22,26)(H,23,25). The molecule has 1 aromatic carbocycles. The fourth-order valence-electron chi connectivity index (χ4n) is 2.98. The molecule has 3 unspecified atom stereocenters. The molecule has 6 heteroatoms. The Morgan fingerprint density at radius 3 is 2.59 bits per heavy atom. The molecule has 1 saturated heterocycles. The third-order valence-electron chi connectivity index (χ3n) is 5.12. The van der Waals surface area contributed by atoms with Gasteiger partial charge < -0.3 is 15.4 Å². The lowest BCUT2D eigenvalue weighted by Crippen LogP contribution is -2.55. The molecular formula is C21H28N2O4. The van der Waals surface area contributed by atoms with Gasteiger partial charge in [0.1, 0.15) is 12.1 Å². The second-order valence-electron chi connectivity index (χ2n) is 7.31. The predicted octanol–water partition coefficient (Wildman–Crippen LogP) is 2.34. The van der Waals surface area contributed by atoms with Crippen molar-refractivity contribution in [1.82, 2.24) is 10.6 Å². The highest BCUT2D eigenvalue weighted by atomic mass is 16.5. The van der Waals surface area contributed by atoms with Crippen LogP contribution in [0.3, 0.4) is 0 Å². The van der Waals surface area contributed by atoms with E-state index in [-0.39, 0.29) is 36.2 Å². The molecule has 0 aromatic heterocycles. The van der Waals surface area contributed by atoms with E-state index in [1.165, 1.54) is 0 Å². The zero-order valence-corrected chi connectivity index (χ0v) is 16.2. The molecule has 146 valence electrons. The number of carbonyl (C=O) groups is 3. The molecule has 1 fully saturated rings. The lowest BCUT2D eigenvalue weighted by atomic mass is 9.92. The Bertz CT molecular complexity index is 713. The molecular weight excluding hydrogens is 344 g/mol. The van der Waals surface area contributed by atoms with Crippen LogP contribution >= 0.6 is 0 Å². The minimum Gasteiger partial charge on any atom is -0.368 e. The van der Waals surface area contributed by atoms with E-state index in [0.29, 0.717) is 24.9 Å². The molecule has 1 aliphatic rings. The molecule has 0 saturated carbocycles. The zero-order chi connectivity index (χ0) is 20.0. The average Bonchev–Trinajstić information content (AvgIpc) is 2.88. The number of nitrogens with one attached hydrogen (secondary N) is 2. The normalized spacial score (nSPS) is 22.9. The minimum atomic E-state index is -0.956. The van der Waals surface area contributed by atoms with Crippen molar-refractivity contribution in [1.29, 1.82) is 0 Å². The van der Waals surface area contributed by atoms with Crippen molar-refractivity contribution in [2.45, 2.75) is 45.3 Å². The van der Waals surface area contributed by atoms with Crippen LogP contribution in [0.15, 0.2) is 30.8 Å². The SMILES string of the molecule is C=Cc1ccc(C(=O)NCCC(C)CC(=O)NC2(C)C(=O)COC2C)cc1. The summed E-state index contributed by atoms with van der Waals surface area (Å²) < 4.78 is 5.32. The monoisotopic (exact) mass is 372 g/mol. The maximum atomic E-state index is 12.3. The highest BCUT2D eigenvalue weighted by Crippen LogP contribution is 2.22. The largest absolute Gasteiger partial charge is 0.368 e. The van der Waals surface area contributed by atoms with Crippen LogP contribution in [0, 0.1) is 5.92 Å². The fourth-order valence-corrected chi connectivity index (χ4v) is 2.98. The second-order valence-corrected chi connectivity index (χ2v) is 7.31. The van der Waals surface area contributed by atoms with E-state index in [0.717, 1.165) is 5.56 Å². The number of hydrogen-bond acceptors (Lipinski definition) is 4. The topological polar surface area (TPSA) is 84.5 Å². The van der Waals surface area contributed by atoms with Gasteiger partial charge in [-0.2, -0.15) is 0 Å². The highest BCUT2D eigenvalue weighted by Gasteiger charge is 2.46. The van der Waals surface area contributed by atoms with Crippen LogP contribution in [0.25, 0.3) is 6.08 Å². The summed E-state index contributed by atoms with van der Waals surface area (Å²) in [5, 5.41) is 5.68. The van der Waals surface area contributed by atoms with Gasteiger partial charge in [0.25, 0.3) is 5.91 Å². The van der Waals surface area contributed by atoms with E-state index in [9.17, 15) is 14.4 Å². The van der Waals surface area contributed by atoms with Gasteiger partial charge in [-0.05, 0) is 43.9 Å². The van der Waals surface area contributed by atoms with Gasteiger partial charge in [0.2, 0.25) is 5.91 Å². The Kier molecular flexibility index (Phi) is 6.91. The minimum absolute atomic E-state index is 0.0350. The van der Waals surface area contributed by atoms with Gasteiger partial charge in [-0.15, -0.1) is 0 Å². The lowest BCUT2D eigenvalue weighted by molar-refractivity contribution is -0.130. The summed E-state index contributed by atoms with van der Waals surface area (Å²) in [7, 11) is 0. The van der Waals surface area contributed by atoms with Crippen LogP contribution in [-0.4, -0.2) is 42.4 Å². The first-order valence-corrected chi connectivity index (χ1v) is 9.23. The molecule has 0 aliphatic carbocycles. The van der Waals surface area contributed by atoms with Crippen molar-refractivity contribution >= 4 is 23.7 Å². The van der Waals surface area contributed by atoms with E-state index in [4.69, 9.17) is 4.74 Å². The predicted molar refractivity (Wildman–Crippen MR) is 104 cm³/mol. The molecule has 27 heavy (non-hydrogen) atoms. The molecule has 1 aromatic rings. The maximum absolute atomic E-state index is 12.3. The smallest absolute Gasteiger partial charge is 0.251 e. The molecule has 0 radical (unpaired) electrons. The lowest BCUT2D eigenvalue weighted by Gasteiger charge is -2.27. The number of ketones is 1. The Labute approximate surface area is 160 Å². The first-order valence-electron chi connectivity index (χ1n) is 9.23. The van der Waals surface area contributed by atoms with Crippen LogP contribution < -0.4 is 10.6 Å². The van der Waals surface area contributed by atoms with Crippen LogP contribution in [0.5, 0.6) is 0 Å². The molecule has 0 bridgehead atoms. The van der Waals surface area contributed by atoms with Crippen LogP contribution in [0.4, 0.5) is 0 Å². The van der Waals surface area contributed by atoms with Gasteiger partial charge in [-0.3, -0.25) is 14.4 Å². The summed E-state index contributed by atoms with van der Waals surface area (Å²) in [6.45, 7) is 9.63. The van der Waals surface area contributed by atoms with Crippen molar-refractivity contribution < 1.29 is 19.1 Å². The van der Waals surface area contributed by atoms with Crippen molar-refractivity contribution in [2.24, 2.45) is 5.92 Å². The van der Waals surface area contributed by atoms with E-state index in [1.54, 1.807) is 32.1 Å². The number of Topliss-reactive ketones (excluding diaryl/α,β-unsaturated/α-hetero) is 1. The summed E-state index contributed by atoms with van der Waals surface area (Å²) in [4.78, 5) is 36.4. The van der Waals surface area contributed by atoms with Gasteiger partial charge in [-0.1, -0.05) is 31.7 Å². The maximum Gasteiger partial charge on any atom is 0.251 e. The van der Waals surface area contributed by atoms with Gasteiger partial charge in [-0.25, -0.2) is 0 Å². The van der Waals surface area contributed by atoms with Crippen molar-refractivity contribution in [3.63, 3.8) is 0 Å². The Morgan fingerprint density at radius 1 is 1.37 bits per heavy atom. The van der Waals surface area contributed by atoms with E-state index < -0.39 is 5.54 Å². The molecule has 2 rings (SSSR count). The van der Waals surface area contributed by atoms with Crippen molar-refractivity contribution in [3.8, 4) is 0 Å². The Balaban J connectivity index is 1.74. The number of hydrogen-bond donors (Lipinski definition) is 2. The molecule has 0 spiro atoms. The summed E-state index contributed by atoms with van der Waals surface area (Å²) in [5.41, 5.74) is 0.593. The quantitative estimate of drug-likeness (QED) is 0.734. The van der Waals surface area contributed by atoms with Crippen LogP contribution in [0.2, 0.25) is 0 Å². The summed E-state index contributed by atoms with van der Waals surface area (Å²) in [5.74, 6) is -0.352. The molecule has 6 nitrogen and oxygen atoms in total. The summed E-state index contributed by atoms with van der Waals surface area (Å²) in [6.07, 6.45) is 2.34. The zero-order valence-electron chi connectivity index (χ0n) is 16.2. The van der Waals surface area contributed by atoms with Crippen LogP contribution in [-0.2, 0) is 14.3 Å². The van der Waals surface area contributed by atoms with E-state index >= 15 is 0 Å². The third-order valence-corrected chi connectivity index (χ3v) is 5.12. The third kappa shape index (κ3) is 5.26. The second kappa shape index (κ2) is 8.95. The molecule has 1 heterocycles. The van der Waals surface area contributed by atoms with Gasteiger partial charge in [0.05, 0.1) is 6.10 Å². The number of amides is 2. The van der Waals surface area contributed by atoms with E-state index in [1.807, 2.05) is 19.1 Å². The van der Waals surface area contributed by atoms with E-state index in [2.05, 4.69) is 17.2 Å². The van der Waals surface area contributed by atoms with Crippen molar-refractivity contribution in [3.05, 3.63) is 42.0 Å². The first kappa shape index (κ1) is 20.8. The molecule has 2 amide bonds. The average molecular weight is 372 g/mol. The number of carbonyl (C=O) groups excluding carboxylic acids is 3. The Morgan fingerprint density at radius 2 is 2.04 bits per heavy atom. The fraction of sp³-hybridized carbons (Fsp3) is 0.476. The first-order chi connectivity index (χ1) is 12.8. The van der Waals surface area contributed by atoms with Gasteiger partial charge in [0, 0.05) is 18.5 Å². The number of benzene rings is 1. The molecule has 3 atom stereocenters. The Hall–Kier alpha value is -2.47. The van der Waals surface area contributed by atoms with Gasteiger partial charge in [0.15, 0.2) is 5.78 Å². The summed E-state index contributed by atoms with van der Waals surface area (Å²) >= 11 is 0. The van der Waals surface area contributed by atoms with Gasteiger partial charge >= 0.3 is 0 Å². The summed E-state index contributed by atoms with van der Waals surface area (Å²) in [6, 6.07) is 7.19. The van der Waals surface area contributed by atoms with Crippen molar-refractivity contribution in [2.75, 3.05) is 13.2 Å². The highest BCUT2D eigenvalue weighted by molar-refractivity contribution is 5.95. The number of rotatable bonds is 8. The van der Waals surface area contributed by atoms with Crippen LogP contribution in [0.1, 0.15) is 49.5 Å². The molecule has 2 N–H and O–H groups in total.